The van der Waals surface area contributed by atoms with E-state index >= 15 is 0 Å². The van der Waals surface area contributed by atoms with Gasteiger partial charge in [0.25, 0.3) is 6.02 Å². The minimum atomic E-state index is 0.122. The fraction of sp³-hybridized carbons (Fsp3) is 0.267. The summed E-state index contributed by atoms with van der Waals surface area (Å²) in [4.78, 5) is 6.43. The van der Waals surface area contributed by atoms with Crippen LogP contribution in [-0.4, -0.2) is 32.3 Å². The number of likely N-dealkylation sites (N-methyl/N-ethyl adjacent to an activating group) is 1. The lowest BCUT2D eigenvalue weighted by atomic mass is 10.1. The molecular formula is C15H17N3O. The van der Waals surface area contributed by atoms with E-state index in [9.17, 15) is 0 Å². The Morgan fingerprint density at radius 2 is 2.05 bits per heavy atom. The molecule has 0 aromatic heterocycles. The second-order valence-electron chi connectivity index (χ2n) is 4.84. The molecule has 2 aromatic rings. The van der Waals surface area contributed by atoms with Crippen LogP contribution in [0.15, 0.2) is 47.5 Å². The van der Waals surface area contributed by atoms with Gasteiger partial charge in [-0.15, -0.1) is 0 Å². The van der Waals surface area contributed by atoms with Crippen molar-refractivity contribution in [2.75, 3.05) is 25.1 Å². The molecule has 1 aliphatic rings. The van der Waals surface area contributed by atoms with Gasteiger partial charge in [-0.2, -0.15) is 0 Å². The molecule has 0 spiro atoms. The van der Waals surface area contributed by atoms with Crippen molar-refractivity contribution in [3.05, 3.63) is 42.5 Å². The van der Waals surface area contributed by atoms with Gasteiger partial charge in [0.2, 0.25) is 0 Å². The number of benzene rings is 2. The van der Waals surface area contributed by atoms with E-state index in [2.05, 4.69) is 59.4 Å². The van der Waals surface area contributed by atoms with Crippen molar-refractivity contribution >= 4 is 22.5 Å². The molecule has 19 heavy (non-hydrogen) atoms. The van der Waals surface area contributed by atoms with Gasteiger partial charge in [0.1, 0.15) is 12.6 Å². The Kier molecular flexibility index (Phi) is 2.99. The molecule has 0 amide bonds. The summed E-state index contributed by atoms with van der Waals surface area (Å²) in [6, 6.07) is 15.2. The van der Waals surface area contributed by atoms with Crippen LogP contribution in [-0.2, 0) is 4.74 Å². The Labute approximate surface area is 112 Å². The Morgan fingerprint density at radius 1 is 1.26 bits per heavy atom. The van der Waals surface area contributed by atoms with E-state index in [1.165, 1.54) is 16.5 Å². The maximum absolute atomic E-state index is 5.52. The van der Waals surface area contributed by atoms with Crippen molar-refractivity contribution in [2.24, 2.45) is 10.7 Å². The Hall–Kier alpha value is -2.23. The third-order valence-electron chi connectivity index (χ3n) is 3.39. The Bertz CT molecular complexity index is 624. The molecule has 2 N–H and O–H groups in total. The molecule has 1 unspecified atom stereocenters. The topological polar surface area (TPSA) is 50.9 Å². The van der Waals surface area contributed by atoms with Crippen molar-refractivity contribution in [2.45, 2.75) is 6.04 Å². The number of rotatable bonds is 3. The number of nitrogens with zero attached hydrogens (tertiary/aromatic N) is 2. The highest BCUT2D eigenvalue weighted by atomic mass is 16.5. The summed E-state index contributed by atoms with van der Waals surface area (Å²) in [5.41, 5.74) is 6.70. The van der Waals surface area contributed by atoms with Crippen LogP contribution in [0.25, 0.3) is 10.8 Å². The monoisotopic (exact) mass is 255 g/mol. The molecular weight excluding hydrogens is 238 g/mol. The fourth-order valence-electron chi connectivity index (χ4n) is 2.37. The molecule has 3 rings (SSSR count). The molecule has 98 valence electrons. The molecule has 0 bridgehead atoms. The van der Waals surface area contributed by atoms with E-state index in [-0.39, 0.29) is 6.04 Å². The van der Waals surface area contributed by atoms with Crippen molar-refractivity contribution in [3.8, 4) is 0 Å². The van der Waals surface area contributed by atoms with Crippen molar-refractivity contribution in [3.63, 3.8) is 0 Å². The zero-order chi connectivity index (χ0) is 13.2. The highest BCUT2D eigenvalue weighted by Gasteiger charge is 2.18. The summed E-state index contributed by atoms with van der Waals surface area (Å²) in [6.45, 7) is 1.38. The van der Waals surface area contributed by atoms with Crippen LogP contribution < -0.4 is 10.6 Å². The maximum Gasteiger partial charge on any atom is 0.282 e. The molecule has 0 aliphatic carbocycles. The van der Waals surface area contributed by atoms with Gasteiger partial charge in [0.05, 0.1) is 0 Å². The lowest BCUT2D eigenvalue weighted by Crippen LogP contribution is -2.28. The number of anilines is 1. The number of aliphatic imine (C=N–C) groups is 1. The van der Waals surface area contributed by atoms with Crippen molar-refractivity contribution in [1.82, 2.24) is 0 Å². The normalized spacial score (nSPS) is 18.2. The predicted molar refractivity (Wildman–Crippen MR) is 78.6 cm³/mol. The van der Waals surface area contributed by atoms with Gasteiger partial charge in [-0.1, -0.05) is 30.3 Å². The standard InChI is InChI=1S/C15H17N3O/c1-18(9-13-10-19-15(16)17-13)14-7-6-11-4-2-3-5-12(11)8-14/h2-8,13H,9-10H2,1H3,(H2,16,17). The molecule has 1 aliphatic heterocycles. The van der Waals surface area contributed by atoms with Crippen LogP contribution in [0, 0.1) is 0 Å². The number of ether oxygens (including phenoxy) is 1. The summed E-state index contributed by atoms with van der Waals surface area (Å²) < 4.78 is 5.17. The molecule has 0 radical (unpaired) electrons. The Morgan fingerprint density at radius 3 is 2.79 bits per heavy atom. The first-order valence-corrected chi connectivity index (χ1v) is 6.38. The van der Waals surface area contributed by atoms with Crippen LogP contribution in [0.4, 0.5) is 5.69 Å². The summed E-state index contributed by atoms with van der Waals surface area (Å²) >= 11 is 0. The summed E-state index contributed by atoms with van der Waals surface area (Å²) in [6.07, 6.45) is 0. The number of amidine groups is 1. The van der Waals surface area contributed by atoms with Crippen LogP contribution in [0.3, 0.4) is 0 Å². The van der Waals surface area contributed by atoms with E-state index in [0.29, 0.717) is 12.6 Å². The average molecular weight is 255 g/mol. The molecule has 1 heterocycles. The van der Waals surface area contributed by atoms with Gasteiger partial charge in [-0.25, -0.2) is 4.99 Å². The zero-order valence-corrected chi connectivity index (χ0v) is 10.9. The molecule has 0 saturated heterocycles. The third-order valence-corrected chi connectivity index (χ3v) is 3.39. The minimum Gasteiger partial charge on any atom is -0.463 e. The average Bonchev–Trinajstić information content (AvgIpc) is 2.83. The van der Waals surface area contributed by atoms with Gasteiger partial charge in [-0.05, 0) is 22.9 Å². The first-order chi connectivity index (χ1) is 9.22. The second kappa shape index (κ2) is 4.80. The van der Waals surface area contributed by atoms with Crippen LogP contribution >= 0.6 is 0 Å². The molecule has 0 fully saturated rings. The fourth-order valence-corrected chi connectivity index (χ4v) is 2.37. The highest BCUT2D eigenvalue weighted by molar-refractivity contribution is 5.85. The summed E-state index contributed by atoms with van der Waals surface area (Å²) in [5.74, 6) is 0. The third kappa shape index (κ3) is 2.47. The lowest BCUT2D eigenvalue weighted by molar-refractivity contribution is 0.314. The van der Waals surface area contributed by atoms with Crippen LogP contribution in [0.5, 0.6) is 0 Å². The van der Waals surface area contributed by atoms with Gasteiger partial charge >= 0.3 is 0 Å². The SMILES string of the molecule is CN(CC1COC(N)=N1)c1ccc2ccccc2c1. The number of fused-ring (bicyclic) bond motifs is 1. The van der Waals surface area contributed by atoms with E-state index in [0.717, 1.165) is 6.54 Å². The van der Waals surface area contributed by atoms with E-state index in [4.69, 9.17) is 10.5 Å². The predicted octanol–water partition coefficient (Wildman–Crippen LogP) is 1.99. The molecule has 4 heteroatoms. The lowest BCUT2D eigenvalue weighted by Gasteiger charge is -2.21. The zero-order valence-electron chi connectivity index (χ0n) is 10.9. The summed E-state index contributed by atoms with van der Waals surface area (Å²) in [7, 11) is 2.06. The first-order valence-electron chi connectivity index (χ1n) is 6.38. The smallest absolute Gasteiger partial charge is 0.282 e. The molecule has 0 saturated carbocycles. The second-order valence-corrected chi connectivity index (χ2v) is 4.84. The van der Waals surface area contributed by atoms with E-state index in [1.54, 1.807) is 0 Å². The van der Waals surface area contributed by atoms with Gasteiger partial charge < -0.3 is 15.4 Å². The van der Waals surface area contributed by atoms with Gasteiger partial charge in [0, 0.05) is 19.3 Å². The quantitative estimate of drug-likeness (QED) is 0.912. The molecule has 4 nitrogen and oxygen atoms in total. The van der Waals surface area contributed by atoms with E-state index in [1.807, 2.05) is 0 Å². The Balaban J connectivity index is 1.79. The van der Waals surface area contributed by atoms with Gasteiger partial charge in [0.15, 0.2) is 0 Å². The maximum atomic E-state index is 5.52. The van der Waals surface area contributed by atoms with E-state index < -0.39 is 0 Å². The van der Waals surface area contributed by atoms with Gasteiger partial charge in [-0.3, -0.25) is 0 Å². The van der Waals surface area contributed by atoms with Crippen LogP contribution in [0.1, 0.15) is 0 Å². The first kappa shape index (κ1) is 11.8. The van der Waals surface area contributed by atoms with Crippen molar-refractivity contribution in [1.29, 1.82) is 0 Å². The number of hydrogen-bond donors (Lipinski definition) is 1. The number of nitrogens with two attached hydrogens (primary N) is 1. The summed E-state index contributed by atoms with van der Waals surface area (Å²) in [5, 5.41) is 2.50. The largest absolute Gasteiger partial charge is 0.463 e. The van der Waals surface area contributed by atoms with Crippen LogP contribution in [0.2, 0.25) is 0 Å². The van der Waals surface area contributed by atoms with Crippen molar-refractivity contribution < 1.29 is 4.74 Å². The highest BCUT2D eigenvalue weighted by Crippen LogP contribution is 2.21. The number of hydrogen-bond acceptors (Lipinski definition) is 4. The minimum absolute atomic E-state index is 0.122. The molecule has 2 aromatic carbocycles. The molecule has 1 atom stereocenters.